The molecule has 0 radical (unpaired) electrons. The molecule has 8 heteroatoms. The van der Waals surface area contributed by atoms with Crippen LogP contribution in [0.25, 0.3) is 11.4 Å². The van der Waals surface area contributed by atoms with E-state index < -0.39 is 0 Å². The molecule has 0 saturated carbocycles. The van der Waals surface area contributed by atoms with Crippen LogP contribution in [-0.4, -0.2) is 33.8 Å². The van der Waals surface area contributed by atoms with Crippen molar-refractivity contribution in [3.63, 3.8) is 0 Å². The molecule has 2 aromatic carbocycles. The molecule has 0 unspecified atom stereocenters. The van der Waals surface area contributed by atoms with E-state index in [0.29, 0.717) is 30.3 Å². The van der Waals surface area contributed by atoms with Crippen LogP contribution < -0.4 is 9.64 Å². The molecule has 3 aromatic rings. The van der Waals surface area contributed by atoms with Gasteiger partial charge in [0.05, 0.1) is 19.1 Å². The van der Waals surface area contributed by atoms with Crippen LogP contribution in [0.1, 0.15) is 25.3 Å². The van der Waals surface area contributed by atoms with Crippen LogP contribution in [0.15, 0.2) is 48.5 Å². The summed E-state index contributed by atoms with van der Waals surface area (Å²) in [5, 5.41) is 16.2. The zero-order valence-electron chi connectivity index (χ0n) is 17.7. The molecule has 0 fully saturated rings. The van der Waals surface area contributed by atoms with Crippen molar-refractivity contribution in [1.29, 1.82) is 5.26 Å². The Morgan fingerprint density at radius 1 is 1.23 bits per heavy atom. The Labute approximate surface area is 186 Å². The Kier molecular flexibility index (Phi) is 7.57. The minimum atomic E-state index is -0.0858. The lowest BCUT2D eigenvalue weighted by atomic mass is 10.1. The number of nitrogens with one attached hydrogen (secondary N) is 1. The standard InChI is InChI=1S/C23H25N5O2S/c1-3-30-20-11-9-19(10-12-20)27(15-4-14-24)21(29)13-16-28-22(25-26-23(28)31)18-7-5-17(2)6-8-18/h5-12H,3-4,13,15-16H2,1-2H3,(H,26,31). The van der Waals surface area contributed by atoms with Gasteiger partial charge in [-0.3, -0.25) is 14.5 Å². The number of hydrogen-bond acceptors (Lipinski definition) is 5. The summed E-state index contributed by atoms with van der Waals surface area (Å²) in [5.41, 5.74) is 2.82. The maximum Gasteiger partial charge on any atom is 0.228 e. The van der Waals surface area contributed by atoms with Gasteiger partial charge in [-0.05, 0) is 50.3 Å². The molecule has 1 aromatic heterocycles. The fraction of sp³-hybridized carbons (Fsp3) is 0.304. The summed E-state index contributed by atoms with van der Waals surface area (Å²) in [6.45, 7) is 5.23. The summed E-state index contributed by atoms with van der Waals surface area (Å²) in [6.07, 6.45) is 0.476. The molecule has 3 rings (SSSR count). The number of nitrogens with zero attached hydrogens (tertiary/aromatic N) is 4. The van der Waals surface area contributed by atoms with E-state index in [1.54, 1.807) is 4.90 Å². The molecule has 0 atom stereocenters. The van der Waals surface area contributed by atoms with Gasteiger partial charge < -0.3 is 9.64 Å². The monoisotopic (exact) mass is 435 g/mol. The molecule has 160 valence electrons. The van der Waals surface area contributed by atoms with Gasteiger partial charge in [-0.2, -0.15) is 10.4 Å². The van der Waals surface area contributed by atoms with Crippen molar-refractivity contribution in [1.82, 2.24) is 14.8 Å². The molecule has 7 nitrogen and oxygen atoms in total. The molecule has 0 aliphatic heterocycles. The van der Waals surface area contributed by atoms with Gasteiger partial charge in [0.15, 0.2) is 10.6 Å². The van der Waals surface area contributed by atoms with Crippen molar-refractivity contribution in [3.05, 3.63) is 58.9 Å². The first kappa shape index (κ1) is 22.2. The van der Waals surface area contributed by atoms with Crippen molar-refractivity contribution >= 4 is 23.8 Å². The minimum absolute atomic E-state index is 0.0858. The molecule has 0 bridgehead atoms. The average Bonchev–Trinajstić information content (AvgIpc) is 3.14. The highest BCUT2D eigenvalue weighted by Gasteiger charge is 2.17. The third-order valence-corrected chi connectivity index (χ3v) is 5.14. The summed E-state index contributed by atoms with van der Waals surface area (Å²) in [6, 6.07) is 17.4. The van der Waals surface area contributed by atoms with Gasteiger partial charge >= 0.3 is 0 Å². The highest BCUT2D eigenvalue weighted by Crippen LogP contribution is 2.22. The Balaban J connectivity index is 1.77. The zero-order chi connectivity index (χ0) is 22.2. The number of carbonyl (C=O) groups excluding carboxylic acids is 1. The maximum atomic E-state index is 13.1. The lowest BCUT2D eigenvalue weighted by Gasteiger charge is -2.22. The molecule has 0 spiro atoms. The number of H-pyrrole nitrogens is 1. The van der Waals surface area contributed by atoms with Gasteiger partial charge in [0.25, 0.3) is 0 Å². The summed E-state index contributed by atoms with van der Waals surface area (Å²) < 4.78 is 7.77. The van der Waals surface area contributed by atoms with E-state index in [0.717, 1.165) is 22.6 Å². The number of ether oxygens (including phenoxy) is 1. The fourth-order valence-corrected chi connectivity index (χ4v) is 3.46. The summed E-state index contributed by atoms with van der Waals surface area (Å²) >= 11 is 5.38. The highest BCUT2D eigenvalue weighted by atomic mass is 32.1. The van der Waals surface area contributed by atoms with Crippen LogP contribution >= 0.6 is 12.2 Å². The second-order valence-electron chi connectivity index (χ2n) is 7.00. The van der Waals surface area contributed by atoms with Crippen LogP contribution in [0.5, 0.6) is 5.75 Å². The fourth-order valence-electron chi connectivity index (χ4n) is 3.24. The van der Waals surface area contributed by atoms with E-state index >= 15 is 0 Å². The molecule has 0 saturated heterocycles. The third-order valence-electron chi connectivity index (χ3n) is 4.82. The van der Waals surface area contributed by atoms with E-state index in [4.69, 9.17) is 22.2 Å². The first-order chi connectivity index (χ1) is 15.0. The zero-order valence-corrected chi connectivity index (χ0v) is 18.5. The Hall–Kier alpha value is -3.44. The van der Waals surface area contributed by atoms with Crippen molar-refractivity contribution in [2.24, 2.45) is 0 Å². The van der Waals surface area contributed by atoms with Crippen LogP contribution in [-0.2, 0) is 11.3 Å². The van der Waals surface area contributed by atoms with E-state index in [1.165, 1.54) is 0 Å². The number of aromatic amines is 1. The number of aryl methyl sites for hydroxylation is 1. The minimum Gasteiger partial charge on any atom is -0.494 e. The van der Waals surface area contributed by atoms with Gasteiger partial charge in [0, 0.05) is 30.8 Å². The second kappa shape index (κ2) is 10.5. The van der Waals surface area contributed by atoms with Gasteiger partial charge in [-0.15, -0.1) is 0 Å². The first-order valence-corrected chi connectivity index (χ1v) is 10.6. The summed E-state index contributed by atoms with van der Waals surface area (Å²) in [7, 11) is 0. The molecular formula is C23H25N5O2S. The van der Waals surface area contributed by atoms with E-state index in [1.807, 2.05) is 66.9 Å². The summed E-state index contributed by atoms with van der Waals surface area (Å²) in [4.78, 5) is 14.7. The largest absolute Gasteiger partial charge is 0.494 e. The highest BCUT2D eigenvalue weighted by molar-refractivity contribution is 7.71. The smallest absolute Gasteiger partial charge is 0.228 e. The lowest BCUT2D eigenvalue weighted by molar-refractivity contribution is -0.118. The average molecular weight is 436 g/mol. The lowest BCUT2D eigenvalue weighted by Crippen LogP contribution is -2.32. The van der Waals surface area contributed by atoms with Gasteiger partial charge in [-0.25, -0.2) is 0 Å². The molecular weight excluding hydrogens is 410 g/mol. The topological polar surface area (TPSA) is 86.9 Å². The number of aromatic nitrogens is 3. The SMILES string of the molecule is CCOc1ccc(N(CCC#N)C(=O)CCn2c(-c3ccc(C)cc3)n[nH]c2=S)cc1. The van der Waals surface area contributed by atoms with E-state index in [2.05, 4.69) is 16.3 Å². The van der Waals surface area contributed by atoms with E-state index in [9.17, 15) is 4.79 Å². The van der Waals surface area contributed by atoms with Gasteiger partial charge in [0.2, 0.25) is 5.91 Å². The van der Waals surface area contributed by atoms with Crippen molar-refractivity contribution in [3.8, 4) is 23.2 Å². The maximum absolute atomic E-state index is 13.1. The predicted octanol–water partition coefficient (Wildman–Crippen LogP) is 4.65. The van der Waals surface area contributed by atoms with Crippen molar-refractivity contribution in [2.75, 3.05) is 18.1 Å². The van der Waals surface area contributed by atoms with Crippen LogP contribution in [0.3, 0.4) is 0 Å². The number of rotatable bonds is 9. The number of carbonyl (C=O) groups is 1. The van der Waals surface area contributed by atoms with Crippen LogP contribution in [0, 0.1) is 23.0 Å². The number of benzene rings is 2. The van der Waals surface area contributed by atoms with Gasteiger partial charge in [0.1, 0.15) is 5.75 Å². The van der Waals surface area contributed by atoms with Crippen molar-refractivity contribution in [2.45, 2.75) is 33.2 Å². The molecule has 0 aliphatic rings. The number of anilines is 1. The molecule has 31 heavy (non-hydrogen) atoms. The molecule has 0 aliphatic carbocycles. The van der Waals surface area contributed by atoms with Gasteiger partial charge in [-0.1, -0.05) is 29.8 Å². The third kappa shape index (κ3) is 5.58. The number of nitriles is 1. The quantitative estimate of drug-likeness (QED) is 0.494. The van der Waals surface area contributed by atoms with Crippen molar-refractivity contribution < 1.29 is 9.53 Å². The molecule has 1 heterocycles. The Morgan fingerprint density at radius 3 is 2.58 bits per heavy atom. The Morgan fingerprint density at radius 2 is 1.94 bits per heavy atom. The first-order valence-electron chi connectivity index (χ1n) is 10.2. The number of amides is 1. The van der Waals surface area contributed by atoms with Crippen LogP contribution in [0.2, 0.25) is 0 Å². The molecule has 1 N–H and O–H groups in total. The predicted molar refractivity (Wildman–Crippen MR) is 122 cm³/mol. The second-order valence-corrected chi connectivity index (χ2v) is 7.39. The summed E-state index contributed by atoms with van der Waals surface area (Å²) in [5.74, 6) is 1.35. The molecule has 1 amide bonds. The normalized spacial score (nSPS) is 10.5. The number of hydrogen-bond donors (Lipinski definition) is 1. The van der Waals surface area contributed by atoms with E-state index in [-0.39, 0.29) is 18.7 Å². The van der Waals surface area contributed by atoms with Crippen LogP contribution in [0.4, 0.5) is 5.69 Å². The Bertz CT molecular complexity index is 1110.